The van der Waals surface area contributed by atoms with E-state index in [1.807, 2.05) is 25.9 Å². The number of benzene rings is 2. The number of carbonyl (C=O) groups is 2. The molecule has 0 spiro atoms. The van der Waals surface area contributed by atoms with Crippen molar-refractivity contribution in [3.63, 3.8) is 0 Å². The highest BCUT2D eigenvalue weighted by Gasteiger charge is 2.45. The molecule has 3 rings (SSSR count). The number of ether oxygens (including phenoxy) is 1. The molecular formula is C26H29FN2O4. The van der Waals surface area contributed by atoms with Gasteiger partial charge in [-0.2, -0.15) is 0 Å². The number of hydrogen-bond donors (Lipinski definition) is 1. The second kappa shape index (κ2) is 10.4. The van der Waals surface area contributed by atoms with E-state index in [-0.39, 0.29) is 11.3 Å². The van der Waals surface area contributed by atoms with Gasteiger partial charge < -0.3 is 19.6 Å². The van der Waals surface area contributed by atoms with Crippen LogP contribution in [0.5, 0.6) is 5.75 Å². The molecule has 1 saturated heterocycles. The lowest BCUT2D eigenvalue weighted by atomic mass is 9.94. The van der Waals surface area contributed by atoms with Crippen molar-refractivity contribution in [1.82, 2.24) is 9.80 Å². The summed E-state index contributed by atoms with van der Waals surface area (Å²) in [5.41, 5.74) is 1.72. The maximum absolute atomic E-state index is 13.6. The van der Waals surface area contributed by atoms with Crippen LogP contribution in [0.1, 0.15) is 29.2 Å². The molecule has 2 aromatic carbocycles. The summed E-state index contributed by atoms with van der Waals surface area (Å²) >= 11 is 0. The van der Waals surface area contributed by atoms with Gasteiger partial charge in [0, 0.05) is 12.1 Å². The zero-order chi connectivity index (χ0) is 24.1. The molecule has 7 heteroatoms. The molecule has 1 unspecified atom stereocenters. The monoisotopic (exact) mass is 452 g/mol. The van der Waals surface area contributed by atoms with Crippen molar-refractivity contribution in [2.75, 3.05) is 33.8 Å². The van der Waals surface area contributed by atoms with Gasteiger partial charge in [0.15, 0.2) is 0 Å². The Morgan fingerprint density at radius 2 is 1.91 bits per heavy atom. The van der Waals surface area contributed by atoms with E-state index in [2.05, 4.69) is 6.58 Å². The summed E-state index contributed by atoms with van der Waals surface area (Å²) in [5.74, 6) is -1.49. The van der Waals surface area contributed by atoms with Gasteiger partial charge in [-0.3, -0.25) is 9.59 Å². The van der Waals surface area contributed by atoms with E-state index in [1.165, 1.54) is 29.2 Å². The highest BCUT2D eigenvalue weighted by Crippen LogP contribution is 2.40. The number of halogens is 1. The number of aliphatic hydroxyl groups excluding tert-OH is 1. The average molecular weight is 453 g/mol. The van der Waals surface area contributed by atoms with Gasteiger partial charge in [0.25, 0.3) is 11.7 Å². The van der Waals surface area contributed by atoms with Crippen LogP contribution in [0.4, 0.5) is 4.39 Å². The fourth-order valence-electron chi connectivity index (χ4n) is 3.92. The number of rotatable bonds is 9. The molecule has 33 heavy (non-hydrogen) atoms. The molecule has 1 aliphatic rings. The van der Waals surface area contributed by atoms with Crippen LogP contribution < -0.4 is 4.74 Å². The SMILES string of the molecule is C=CCOc1ccc(/C(O)=C2/C(=O)C(=O)N(CCCN(C)C)C2c2ccc(F)cc2)cc1C. The van der Waals surface area contributed by atoms with Crippen molar-refractivity contribution in [3.8, 4) is 5.75 Å². The molecule has 0 aliphatic carbocycles. The van der Waals surface area contributed by atoms with Gasteiger partial charge >= 0.3 is 0 Å². The Morgan fingerprint density at radius 3 is 2.52 bits per heavy atom. The maximum Gasteiger partial charge on any atom is 0.295 e. The van der Waals surface area contributed by atoms with Crippen LogP contribution >= 0.6 is 0 Å². The third-order valence-electron chi connectivity index (χ3n) is 5.54. The predicted molar refractivity (Wildman–Crippen MR) is 125 cm³/mol. The van der Waals surface area contributed by atoms with Crippen LogP contribution in [-0.4, -0.2) is 60.4 Å². The van der Waals surface area contributed by atoms with Gasteiger partial charge in [0.1, 0.15) is 23.9 Å². The number of carbonyl (C=O) groups excluding carboxylic acids is 2. The summed E-state index contributed by atoms with van der Waals surface area (Å²) in [6.07, 6.45) is 2.28. The maximum atomic E-state index is 13.6. The Hall–Kier alpha value is -3.45. The number of ketones is 1. The first-order chi connectivity index (χ1) is 15.7. The molecule has 6 nitrogen and oxygen atoms in total. The Labute approximate surface area is 193 Å². The molecule has 1 aliphatic heterocycles. The summed E-state index contributed by atoms with van der Waals surface area (Å²) in [6, 6.07) is 9.89. The fraction of sp³-hybridized carbons (Fsp3) is 0.308. The number of aliphatic hydroxyl groups is 1. The molecule has 0 aromatic heterocycles. The molecular weight excluding hydrogens is 423 g/mol. The fourth-order valence-corrected chi connectivity index (χ4v) is 3.92. The van der Waals surface area contributed by atoms with E-state index in [9.17, 15) is 19.1 Å². The molecule has 0 saturated carbocycles. The van der Waals surface area contributed by atoms with Gasteiger partial charge in [-0.15, -0.1) is 0 Å². The van der Waals surface area contributed by atoms with Gasteiger partial charge in [0.05, 0.1) is 11.6 Å². The normalized spacial score (nSPS) is 17.6. The zero-order valence-corrected chi connectivity index (χ0v) is 19.2. The molecule has 1 N–H and O–H groups in total. The second-order valence-electron chi connectivity index (χ2n) is 8.28. The number of Topliss-reactive ketones (excluding diaryl/α,β-unsaturated/α-hetero) is 1. The first-order valence-electron chi connectivity index (χ1n) is 10.8. The standard InChI is InChI=1S/C26H29FN2O4/c1-5-15-33-21-12-9-19(16-17(21)2)24(30)22-23(18-7-10-20(27)11-8-18)29(26(32)25(22)31)14-6-13-28(3)4/h5,7-12,16,23,30H,1,6,13-15H2,2-4H3/b24-22-. The van der Waals surface area contributed by atoms with Crippen molar-refractivity contribution in [3.05, 3.63) is 83.2 Å². The van der Waals surface area contributed by atoms with Crippen molar-refractivity contribution < 1.29 is 23.8 Å². The lowest BCUT2D eigenvalue weighted by Crippen LogP contribution is -2.32. The van der Waals surface area contributed by atoms with Gasteiger partial charge in [-0.25, -0.2) is 4.39 Å². The molecule has 1 fully saturated rings. The van der Waals surface area contributed by atoms with Crippen LogP contribution in [0.3, 0.4) is 0 Å². The van der Waals surface area contributed by atoms with Gasteiger partial charge in [-0.05, 0) is 75.4 Å². The second-order valence-corrected chi connectivity index (χ2v) is 8.28. The molecule has 0 radical (unpaired) electrons. The lowest BCUT2D eigenvalue weighted by molar-refractivity contribution is -0.139. The molecule has 2 aromatic rings. The van der Waals surface area contributed by atoms with E-state index >= 15 is 0 Å². The molecule has 1 heterocycles. The smallest absolute Gasteiger partial charge is 0.295 e. The summed E-state index contributed by atoms with van der Waals surface area (Å²) in [5, 5.41) is 11.2. The summed E-state index contributed by atoms with van der Waals surface area (Å²) in [4.78, 5) is 29.4. The topological polar surface area (TPSA) is 70.1 Å². The Balaban J connectivity index is 2.06. The molecule has 0 bridgehead atoms. The van der Waals surface area contributed by atoms with E-state index < -0.39 is 23.5 Å². The van der Waals surface area contributed by atoms with Crippen LogP contribution in [-0.2, 0) is 9.59 Å². The number of nitrogens with zero attached hydrogens (tertiary/aromatic N) is 2. The highest BCUT2D eigenvalue weighted by atomic mass is 19.1. The number of aryl methyl sites for hydroxylation is 1. The number of hydrogen-bond acceptors (Lipinski definition) is 5. The summed E-state index contributed by atoms with van der Waals surface area (Å²) in [6.45, 7) is 6.85. The highest BCUT2D eigenvalue weighted by molar-refractivity contribution is 6.46. The minimum Gasteiger partial charge on any atom is -0.507 e. The van der Waals surface area contributed by atoms with Crippen LogP contribution in [0, 0.1) is 12.7 Å². The third kappa shape index (κ3) is 5.31. The van der Waals surface area contributed by atoms with Gasteiger partial charge in [-0.1, -0.05) is 24.8 Å². The Morgan fingerprint density at radius 1 is 1.21 bits per heavy atom. The zero-order valence-electron chi connectivity index (χ0n) is 19.2. The van der Waals surface area contributed by atoms with E-state index in [0.29, 0.717) is 36.4 Å². The van der Waals surface area contributed by atoms with Crippen LogP contribution in [0.15, 0.2) is 60.7 Å². The minimum atomic E-state index is -0.801. The van der Waals surface area contributed by atoms with Crippen molar-refractivity contribution in [2.45, 2.75) is 19.4 Å². The summed E-state index contributed by atoms with van der Waals surface area (Å²) < 4.78 is 19.2. The lowest BCUT2D eigenvalue weighted by Gasteiger charge is -2.26. The summed E-state index contributed by atoms with van der Waals surface area (Å²) in [7, 11) is 3.85. The first kappa shape index (κ1) is 24.2. The largest absolute Gasteiger partial charge is 0.507 e. The first-order valence-corrected chi connectivity index (χ1v) is 10.8. The number of likely N-dealkylation sites (tertiary alicyclic amines) is 1. The minimum absolute atomic E-state index is 0.00405. The van der Waals surface area contributed by atoms with Crippen molar-refractivity contribution in [1.29, 1.82) is 0 Å². The quantitative estimate of drug-likeness (QED) is 0.269. The Kier molecular flexibility index (Phi) is 7.66. The number of amides is 1. The molecule has 1 amide bonds. The van der Waals surface area contributed by atoms with E-state index in [0.717, 1.165) is 12.1 Å². The van der Waals surface area contributed by atoms with Crippen molar-refractivity contribution in [2.24, 2.45) is 0 Å². The molecule has 1 atom stereocenters. The van der Waals surface area contributed by atoms with E-state index in [1.54, 1.807) is 24.3 Å². The van der Waals surface area contributed by atoms with Crippen LogP contribution in [0.25, 0.3) is 5.76 Å². The predicted octanol–water partition coefficient (Wildman–Crippen LogP) is 4.07. The van der Waals surface area contributed by atoms with E-state index in [4.69, 9.17) is 4.74 Å². The average Bonchev–Trinajstić information content (AvgIpc) is 3.03. The van der Waals surface area contributed by atoms with Crippen LogP contribution in [0.2, 0.25) is 0 Å². The van der Waals surface area contributed by atoms with Gasteiger partial charge in [0.2, 0.25) is 0 Å². The van der Waals surface area contributed by atoms with Crippen molar-refractivity contribution >= 4 is 17.4 Å². The Bertz CT molecular complexity index is 1080. The third-order valence-corrected chi connectivity index (χ3v) is 5.54. The molecule has 174 valence electrons.